The highest BCUT2D eigenvalue weighted by Crippen LogP contribution is 2.19. The summed E-state index contributed by atoms with van der Waals surface area (Å²) in [7, 11) is 0. The maximum Gasteiger partial charge on any atom is 0.221 e. The molecule has 3 N–H and O–H groups in total. The van der Waals surface area contributed by atoms with E-state index in [2.05, 4.69) is 25.4 Å². The van der Waals surface area contributed by atoms with Crippen LogP contribution in [0.1, 0.15) is 33.1 Å². The van der Waals surface area contributed by atoms with Crippen molar-refractivity contribution in [2.75, 3.05) is 0 Å². The van der Waals surface area contributed by atoms with Crippen LogP contribution in [0.25, 0.3) is 0 Å². The molecule has 0 spiro atoms. The van der Waals surface area contributed by atoms with Crippen molar-refractivity contribution >= 4 is 5.91 Å². The largest absolute Gasteiger partial charge is 0.405 e. The second kappa shape index (κ2) is 8.39. The normalized spacial score (nSPS) is 12.1. The molecule has 0 saturated heterocycles. The van der Waals surface area contributed by atoms with Crippen LogP contribution in [-0.4, -0.2) is 5.91 Å². The van der Waals surface area contributed by atoms with Gasteiger partial charge in [0.15, 0.2) is 0 Å². The first-order valence-corrected chi connectivity index (χ1v) is 5.77. The van der Waals surface area contributed by atoms with Crippen molar-refractivity contribution in [2.45, 2.75) is 33.1 Å². The molecule has 0 aromatic rings. The van der Waals surface area contributed by atoms with E-state index < -0.39 is 0 Å². The van der Waals surface area contributed by atoms with Crippen molar-refractivity contribution in [1.29, 1.82) is 0 Å². The number of rotatable bonds is 7. The van der Waals surface area contributed by atoms with E-state index in [1.54, 1.807) is 12.2 Å². The molecule has 94 valence electrons. The highest BCUT2D eigenvalue weighted by Gasteiger charge is 2.06. The number of carbonyl (C=O) groups excluding carboxylic acids is 1. The fourth-order valence-corrected chi connectivity index (χ4v) is 1.45. The molecular formula is C14H22N2O. The molecule has 0 unspecified atom stereocenters. The lowest BCUT2D eigenvalue weighted by Gasteiger charge is -2.12. The summed E-state index contributed by atoms with van der Waals surface area (Å²) in [6.45, 7) is 11.4. The molecular weight excluding hydrogens is 212 g/mol. The number of nitrogens with one attached hydrogen (secondary N) is 1. The van der Waals surface area contributed by atoms with Crippen molar-refractivity contribution in [3.63, 3.8) is 0 Å². The average molecular weight is 234 g/mol. The van der Waals surface area contributed by atoms with Crippen molar-refractivity contribution < 1.29 is 4.79 Å². The van der Waals surface area contributed by atoms with E-state index in [9.17, 15) is 4.79 Å². The molecule has 0 bridgehead atoms. The summed E-state index contributed by atoms with van der Waals surface area (Å²) in [6.07, 6.45) is 7.79. The number of hydrogen-bond acceptors (Lipinski definition) is 2. The fourth-order valence-electron chi connectivity index (χ4n) is 1.45. The Morgan fingerprint density at radius 1 is 1.47 bits per heavy atom. The van der Waals surface area contributed by atoms with E-state index in [0.29, 0.717) is 5.70 Å². The quantitative estimate of drug-likeness (QED) is 0.665. The van der Waals surface area contributed by atoms with E-state index in [4.69, 9.17) is 5.73 Å². The number of nitrogens with two attached hydrogens (primary N) is 1. The van der Waals surface area contributed by atoms with E-state index in [-0.39, 0.29) is 5.91 Å². The predicted molar refractivity (Wildman–Crippen MR) is 73.0 cm³/mol. The van der Waals surface area contributed by atoms with Crippen LogP contribution < -0.4 is 11.1 Å². The minimum absolute atomic E-state index is 0.138. The van der Waals surface area contributed by atoms with E-state index in [1.165, 1.54) is 13.1 Å². The molecule has 0 aliphatic heterocycles. The SMILES string of the molecule is C=C/C(C(=C)CCCC)=C(\C=C\N)NC(C)=O. The van der Waals surface area contributed by atoms with Crippen LogP contribution in [0.3, 0.4) is 0 Å². The van der Waals surface area contributed by atoms with Gasteiger partial charge in [0.25, 0.3) is 0 Å². The van der Waals surface area contributed by atoms with Gasteiger partial charge in [-0.25, -0.2) is 0 Å². The van der Waals surface area contributed by atoms with Crippen LogP contribution in [0.4, 0.5) is 0 Å². The molecule has 3 heteroatoms. The summed E-state index contributed by atoms with van der Waals surface area (Å²) >= 11 is 0. The van der Waals surface area contributed by atoms with Crippen LogP contribution in [0.5, 0.6) is 0 Å². The maximum absolute atomic E-state index is 11.1. The molecule has 0 radical (unpaired) electrons. The molecule has 0 heterocycles. The highest BCUT2D eigenvalue weighted by atomic mass is 16.1. The zero-order chi connectivity index (χ0) is 13.3. The van der Waals surface area contributed by atoms with Gasteiger partial charge in [0.1, 0.15) is 0 Å². The van der Waals surface area contributed by atoms with Crippen LogP contribution in [-0.2, 0) is 4.79 Å². The van der Waals surface area contributed by atoms with Gasteiger partial charge in [0.2, 0.25) is 5.91 Å². The average Bonchev–Trinajstić information content (AvgIpc) is 2.26. The summed E-state index contributed by atoms with van der Waals surface area (Å²) in [4.78, 5) is 11.1. The molecule has 0 aromatic carbocycles. The zero-order valence-electron chi connectivity index (χ0n) is 10.8. The van der Waals surface area contributed by atoms with Gasteiger partial charge in [-0.3, -0.25) is 4.79 Å². The third-order valence-electron chi connectivity index (χ3n) is 2.28. The minimum atomic E-state index is -0.138. The number of amides is 1. The fraction of sp³-hybridized carbons (Fsp3) is 0.357. The third kappa shape index (κ3) is 5.76. The maximum atomic E-state index is 11.1. The summed E-state index contributed by atoms with van der Waals surface area (Å²) in [5.41, 5.74) is 7.82. The monoisotopic (exact) mass is 234 g/mol. The van der Waals surface area contributed by atoms with Gasteiger partial charge in [-0.2, -0.15) is 0 Å². The molecule has 3 nitrogen and oxygen atoms in total. The lowest BCUT2D eigenvalue weighted by Crippen LogP contribution is -2.20. The summed E-state index contributed by atoms with van der Waals surface area (Å²) in [5.74, 6) is -0.138. The first kappa shape index (κ1) is 15.2. The first-order chi connectivity index (χ1) is 8.06. The van der Waals surface area contributed by atoms with Crippen molar-refractivity contribution in [2.24, 2.45) is 5.73 Å². The molecule has 0 saturated carbocycles. The summed E-state index contributed by atoms with van der Waals surface area (Å²) in [6, 6.07) is 0. The first-order valence-electron chi connectivity index (χ1n) is 5.77. The highest BCUT2D eigenvalue weighted by molar-refractivity contribution is 5.76. The van der Waals surface area contributed by atoms with Gasteiger partial charge in [0, 0.05) is 18.2 Å². The van der Waals surface area contributed by atoms with Crippen LogP contribution in [0, 0.1) is 0 Å². The standard InChI is InChI=1S/C14H22N2O/c1-5-7-8-11(3)13(6-2)14(9-10-15)16-12(4)17/h6,9-10H,2-3,5,7-8,15H2,1,4H3,(H,16,17)/b10-9+,14-13-. The van der Waals surface area contributed by atoms with Crippen molar-refractivity contribution in [3.05, 3.63) is 48.4 Å². The summed E-state index contributed by atoms with van der Waals surface area (Å²) < 4.78 is 0. The Morgan fingerprint density at radius 3 is 2.53 bits per heavy atom. The van der Waals surface area contributed by atoms with Gasteiger partial charge in [-0.05, 0) is 30.7 Å². The Balaban J connectivity index is 5.11. The van der Waals surface area contributed by atoms with Crippen LogP contribution in [0.15, 0.2) is 48.4 Å². The Labute approximate surface area is 104 Å². The number of allylic oxidation sites excluding steroid dienone is 4. The zero-order valence-corrected chi connectivity index (χ0v) is 10.8. The molecule has 0 aliphatic carbocycles. The van der Waals surface area contributed by atoms with E-state index in [0.717, 1.165) is 30.4 Å². The second-order valence-electron chi connectivity index (χ2n) is 3.78. The van der Waals surface area contributed by atoms with E-state index in [1.807, 2.05) is 0 Å². The minimum Gasteiger partial charge on any atom is -0.405 e. The van der Waals surface area contributed by atoms with Gasteiger partial charge in [0.05, 0.1) is 0 Å². The Bertz CT molecular complexity index is 351. The van der Waals surface area contributed by atoms with Crippen molar-refractivity contribution in [3.8, 4) is 0 Å². The molecule has 17 heavy (non-hydrogen) atoms. The van der Waals surface area contributed by atoms with Gasteiger partial charge >= 0.3 is 0 Å². The number of unbranched alkanes of at least 4 members (excludes halogenated alkanes) is 1. The Hall–Kier alpha value is -1.77. The lowest BCUT2D eigenvalue weighted by atomic mass is 10.00. The lowest BCUT2D eigenvalue weighted by molar-refractivity contribution is -0.118. The van der Waals surface area contributed by atoms with Gasteiger partial charge < -0.3 is 11.1 Å². The van der Waals surface area contributed by atoms with Crippen molar-refractivity contribution in [1.82, 2.24) is 5.32 Å². The Morgan fingerprint density at radius 2 is 2.12 bits per heavy atom. The molecule has 0 aromatic heterocycles. The number of carbonyl (C=O) groups is 1. The van der Waals surface area contributed by atoms with Crippen LogP contribution in [0.2, 0.25) is 0 Å². The van der Waals surface area contributed by atoms with Gasteiger partial charge in [-0.15, -0.1) is 0 Å². The second-order valence-corrected chi connectivity index (χ2v) is 3.78. The predicted octanol–water partition coefficient (Wildman–Crippen LogP) is 2.78. The van der Waals surface area contributed by atoms with E-state index >= 15 is 0 Å². The Kier molecular flexibility index (Phi) is 7.52. The number of hydrogen-bond donors (Lipinski definition) is 2. The molecule has 0 fully saturated rings. The summed E-state index contributed by atoms with van der Waals surface area (Å²) in [5, 5.41) is 2.73. The molecule has 1 amide bonds. The van der Waals surface area contributed by atoms with Crippen LogP contribution >= 0.6 is 0 Å². The smallest absolute Gasteiger partial charge is 0.221 e. The third-order valence-corrected chi connectivity index (χ3v) is 2.28. The molecule has 0 aliphatic rings. The molecule has 0 rings (SSSR count). The molecule has 0 atom stereocenters. The topological polar surface area (TPSA) is 55.1 Å². The van der Waals surface area contributed by atoms with Gasteiger partial charge in [-0.1, -0.05) is 32.6 Å².